The first kappa shape index (κ1) is 20.1. The Morgan fingerprint density at radius 2 is 1.73 bits per heavy atom. The number of fused-ring (bicyclic) bond motifs is 1. The quantitative estimate of drug-likeness (QED) is 0.800. The summed E-state index contributed by atoms with van der Waals surface area (Å²) in [6, 6.07) is 11.2. The van der Waals surface area contributed by atoms with E-state index in [-0.39, 0.29) is 18.4 Å². The fraction of sp³-hybridized carbons (Fsp3) is 0.350. The molecule has 2 aromatic carbocycles. The normalized spacial score (nSPS) is 15.5. The van der Waals surface area contributed by atoms with E-state index in [1.165, 1.54) is 5.56 Å². The molecule has 140 valence electrons. The largest absolute Gasteiger partial charge is 0.490 e. The van der Waals surface area contributed by atoms with E-state index in [9.17, 15) is 4.79 Å². The number of halogens is 1. The molecule has 0 radical (unpaired) electrons. The van der Waals surface area contributed by atoms with E-state index in [0.29, 0.717) is 18.8 Å². The average Bonchev–Trinajstić information content (AvgIpc) is 2.62. The molecule has 1 heterocycles. The molecule has 26 heavy (non-hydrogen) atoms. The number of rotatable bonds is 6. The van der Waals surface area contributed by atoms with E-state index in [2.05, 4.69) is 11.4 Å². The van der Waals surface area contributed by atoms with Crippen LogP contribution >= 0.6 is 12.4 Å². The lowest BCUT2D eigenvalue weighted by molar-refractivity contribution is 0.0697. The van der Waals surface area contributed by atoms with Crippen molar-refractivity contribution >= 4 is 18.4 Å². The number of aromatic carboxylic acids is 1. The van der Waals surface area contributed by atoms with Gasteiger partial charge in [0.25, 0.3) is 0 Å². The molecule has 6 heteroatoms. The Labute approximate surface area is 159 Å². The van der Waals surface area contributed by atoms with Crippen LogP contribution in [0.25, 0.3) is 0 Å². The van der Waals surface area contributed by atoms with Crippen LogP contribution in [0.2, 0.25) is 0 Å². The third-order valence-electron chi connectivity index (χ3n) is 4.35. The Morgan fingerprint density at radius 1 is 1.12 bits per heavy atom. The summed E-state index contributed by atoms with van der Waals surface area (Å²) >= 11 is 0. The van der Waals surface area contributed by atoms with Crippen LogP contribution in [0.1, 0.15) is 46.9 Å². The second-order valence-electron chi connectivity index (χ2n) is 5.93. The van der Waals surface area contributed by atoms with Gasteiger partial charge in [-0.05, 0) is 61.2 Å². The molecule has 5 nitrogen and oxygen atoms in total. The van der Waals surface area contributed by atoms with Gasteiger partial charge in [-0.25, -0.2) is 4.79 Å². The van der Waals surface area contributed by atoms with Gasteiger partial charge in [0, 0.05) is 6.54 Å². The number of carbonyl (C=O) groups is 1. The lowest BCUT2D eigenvalue weighted by atomic mass is 9.89. The molecule has 3 rings (SSSR count). The van der Waals surface area contributed by atoms with E-state index >= 15 is 0 Å². The summed E-state index contributed by atoms with van der Waals surface area (Å²) in [5.74, 6) is 0.618. The summed E-state index contributed by atoms with van der Waals surface area (Å²) in [4.78, 5) is 11.1. The number of carboxylic acid groups (broad SMARTS) is 1. The second kappa shape index (κ2) is 8.92. The number of hydrogen-bond acceptors (Lipinski definition) is 4. The maximum atomic E-state index is 11.1. The van der Waals surface area contributed by atoms with Crippen LogP contribution in [0.3, 0.4) is 0 Å². The molecule has 0 aliphatic carbocycles. The maximum absolute atomic E-state index is 11.1. The molecule has 1 atom stereocenters. The van der Waals surface area contributed by atoms with Gasteiger partial charge in [0.1, 0.15) is 0 Å². The third-order valence-corrected chi connectivity index (χ3v) is 4.35. The van der Waals surface area contributed by atoms with Crippen molar-refractivity contribution in [1.82, 2.24) is 5.32 Å². The predicted octanol–water partition coefficient (Wildman–Crippen LogP) is 3.84. The van der Waals surface area contributed by atoms with Crippen molar-refractivity contribution in [3.63, 3.8) is 0 Å². The van der Waals surface area contributed by atoms with Crippen molar-refractivity contribution < 1.29 is 19.4 Å². The van der Waals surface area contributed by atoms with Gasteiger partial charge >= 0.3 is 5.97 Å². The molecule has 1 unspecified atom stereocenters. The number of hydrogen-bond donors (Lipinski definition) is 2. The smallest absolute Gasteiger partial charge is 0.335 e. The fourth-order valence-corrected chi connectivity index (χ4v) is 3.22. The van der Waals surface area contributed by atoms with Crippen molar-refractivity contribution in [1.29, 1.82) is 0 Å². The van der Waals surface area contributed by atoms with Crippen molar-refractivity contribution in [3.8, 4) is 11.5 Å². The number of benzene rings is 2. The number of ether oxygens (including phenoxy) is 2. The first-order chi connectivity index (χ1) is 12.1. The average molecular weight is 378 g/mol. The van der Waals surface area contributed by atoms with Gasteiger partial charge in [-0.1, -0.05) is 12.1 Å². The van der Waals surface area contributed by atoms with Gasteiger partial charge in [-0.2, -0.15) is 0 Å². The minimum atomic E-state index is -0.913. The Bertz CT molecular complexity index is 761. The third kappa shape index (κ3) is 4.11. The van der Waals surface area contributed by atoms with Gasteiger partial charge in [0.15, 0.2) is 11.5 Å². The Hall–Kier alpha value is -2.24. The maximum Gasteiger partial charge on any atom is 0.335 e. The zero-order valence-corrected chi connectivity index (χ0v) is 15.8. The molecule has 0 fully saturated rings. The van der Waals surface area contributed by atoms with Crippen LogP contribution in [0, 0.1) is 0 Å². The first-order valence-electron chi connectivity index (χ1n) is 8.63. The Kier molecular flexibility index (Phi) is 6.89. The van der Waals surface area contributed by atoms with Crippen LogP contribution in [0.4, 0.5) is 0 Å². The molecular formula is C20H24ClNO4. The highest BCUT2D eigenvalue weighted by Gasteiger charge is 2.24. The summed E-state index contributed by atoms with van der Waals surface area (Å²) in [6.07, 6.45) is 0.922. The van der Waals surface area contributed by atoms with Gasteiger partial charge in [-0.15, -0.1) is 12.4 Å². The molecule has 1 aliphatic heterocycles. The second-order valence-corrected chi connectivity index (χ2v) is 5.93. The van der Waals surface area contributed by atoms with Crippen molar-refractivity contribution in [2.75, 3.05) is 19.8 Å². The molecule has 0 saturated carbocycles. The van der Waals surface area contributed by atoms with E-state index in [1.807, 2.05) is 32.0 Å². The monoisotopic (exact) mass is 377 g/mol. The molecule has 0 aromatic heterocycles. The Balaban J connectivity index is 0.00000243. The van der Waals surface area contributed by atoms with Gasteiger partial charge in [-0.3, -0.25) is 0 Å². The molecule has 0 bridgehead atoms. The summed E-state index contributed by atoms with van der Waals surface area (Å²) in [7, 11) is 0. The summed E-state index contributed by atoms with van der Waals surface area (Å²) in [5.41, 5.74) is 3.72. The molecule has 0 saturated heterocycles. The van der Waals surface area contributed by atoms with Crippen molar-refractivity contribution in [2.45, 2.75) is 26.3 Å². The van der Waals surface area contributed by atoms with Crippen molar-refractivity contribution in [3.05, 3.63) is 58.7 Å². The zero-order valence-electron chi connectivity index (χ0n) is 15.0. The molecule has 1 aliphatic rings. The van der Waals surface area contributed by atoms with Gasteiger partial charge < -0.3 is 19.9 Å². The molecule has 2 N–H and O–H groups in total. The number of nitrogens with one attached hydrogen (secondary N) is 1. The fourth-order valence-electron chi connectivity index (χ4n) is 3.22. The van der Waals surface area contributed by atoms with Gasteiger partial charge in [0.05, 0.1) is 24.8 Å². The van der Waals surface area contributed by atoms with Crippen LogP contribution in [-0.4, -0.2) is 30.8 Å². The highest BCUT2D eigenvalue weighted by molar-refractivity contribution is 5.87. The summed E-state index contributed by atoms with van der Waals surface area (Å²) < 4.78 is 11.5. The lowest BCUT2D eigenvalue weighted by Gasteiger charge is -2.29. The molecule has 0 amide bonds. The molecule has 0 spiro atoms. The number of carboxylic acids is 1. The zero-order chi connectivity index (χ0) is 17.8. The SMILES string of the molecule is CCOc1cc2c(cc1OCC)C(c1ccc(C(=O)O)cc1)NCC2.Cl. The highest BCUT2D eigenvalue weighted by atomic mass is 35.5. The summed E-state index contributed by atoms with van der Waals surface area (Å²) in [5, 5.41) is 12.6. The van der Waals surface area contributed by atoms with Crippen LogP contribution in [0.5, 0.6) is 11.5 Å². The topological polar surface area (TPSA) is 67.8 Å². The molecular weight excluding hydrogens is 354 g/mol. The van der Waals surface area contributed by atoms with Crippen molar-refractivity contribution in [2.24, 2.45) is 0 Å². The van der Waals surface area contributed by atoms with Crippen LogP contribution in [0.15, 0.2) is 36.4 Å². The lowest BCUT2D eigenvalue weighted by Crippen LogP contribution is -2.30. The Morgan fingerprint density at radius 3 is 2.31 bits per heavy atom. The first-order valence-corrected chi connectivity index (χ1v) is 8.63. The van der Waals surface area contributed by atoms with E-state index < -0.39 is 5.97 Å². The van der Waals surface area contributed by atoms with E-state index in [4.69, 9.17) is 14.6 Å². The highest BCUT2D eigenvalue weighted by Crippen LogP contribution is 2.37. The summed E-state index contributed by atoms with van der Waals surface area (Å²) in [6.45, 7) is 5.94. The van der Waals surface area contributed by atoms with E-state index in [0.717, 1.165) is 35.6 Å². The van der Waals surface area contributed by atoms with Crippen LogP contribution < -0.4 is 14.8 Å². The van der Waals surface area contributed by atoms with E-state index in [1.54, 1.807) is 12.1 Å². The standard InChI is InChI=1S/C20H23NO4.ClH/c1-3-24-17-11-15-9-10-21-19(16(15)12-18(17)25-4-2)13-5-7-14(8-6-13)20(22)23;/h5-8,11-12,19,21H,3-4,9-10H2,1-2H3,(H,22,23);1H. The van der Waals surface area contributed by atoms with Crippen LogP contribution in [-0.2, 0) is 6.42 Å². The molecule has 2 aromatic rings. The minimum Gasteiger partial charge on any atom is -0.490 e. The van der Waals surface area contributed by atoms with Gasteiger partial charge in [0.2, 0.25) is 0 Å². The minimum absolute atomic E-state index is 0. The predicted molar refractivity (Wildman–Crippen MR) is 103 cm³/mol.